The lowest BCUT2D eigenvalue weighted by atomic mass is 9.49. The fourth-order valence-corrected chi connectivity index (χ4v) is 6.49. The van der Waals surface area contributed by atoms with Gasteiger partial charge in [0.2, 0.25) is 0 Å². The molecule has 1 heterocycles. The number of hydrogen-bond donors (Lipinski definition) is 0. The van der Waals surface area contributed by atoms with Gasteiger partial charge in [-0.3, -0.25) is 0 Å². The lowest BCUT2D eigenvalue weighted by Crippen LogP contribution is -2.63. The van der Waals surface area contributed by atoms with Crippen molar-refractivity contribution in [3.8, 4) is 5.75 Å². The number of likely N-dealkylation sites (tertiary alicyclic amines) is 1. The molecule has 1 saturated heterocycles. The Morgan fingerprint density at radius 2 is 1.91 bits per heavy atom. The summed E-state index contributed by atoms with van der Waals surface area (Å²) in [5.74, 6) is 1.94. The minimum Gasteiger partial charge on any atom is -0.497 e. The van der Waals surface area contributed by atoms with Crippen LogP contribution in [0.2, 0.25) is 0 Å². The van der Waals surface area contributed by atoms with E-state index in [1.807, 2.05) is 7.11 Å². The van der Waals surface area contributed by atoms with Crippen LogP contribution in [-0.2, 0) is 10.8 Å². The van der Waals surface area contributed by atoms with E-state index >= 15 is 0 Å². The molecule has 2 bridgehead atoms. The summed E-state index contributed by atoms with van der Waals surface area (Å²) in [4.78, 5) is 2.72. The zero-order valence-electron chi connectivity index (χ0n) is 13.9. The van der Waals surface area contributed by atoms with Crippen molar-refractivity contribution in [2.45, 2.75) is 61.8 Å². The van der Waals surface area contributed by atoms with Gasteiger partial charge in [0.25, 0.3) is 0 Å². The summed E-state index contributed by atoms with van der Waals surface area (Å²) in [6, 6.07) is 7.83. The molecule has 22 heavy (non-hydrogen) atoms. The molecule has 0 amide bonds. The first-order valence-corrected chi connectivity index (χ1v) is 9.11. The largest absolute Gasteiger partial charge is 0.497 e. The normalized spacial score (nSPS) is 38.3. The van der Waals surface area contributed by atoms with Crippen LogP contribution < -0.4 is 4.74 Å². The number of nitrogens with zero attached hydrogens (tertiary/aromatic N) is 1. The molecule has 0 aromatic heterocycles. The second-order valence-corrected chi connectivity index (χ2v) is 8.25. The molecule has 0 radical (unpaired) electrons. The maximum absolute atomic E-state index is 5.59. The summed E-state index contributed by atoms with van der Waals surface area (Å²) < 4.78 is 5.59. The molecule has 1 aromatic rings. The number of piperidine rings is 1. The molecule has 5 rings (SSSR count). The zero-order valence-corrected chi connectivity index (χ0v) is 13.9. The van der Waals surface area contributed by atoms with E-state index in [1.165, 1.54) is 51.5 Å². The Morgan fingerprint density at radius 1 is 1.05 bits per heavy atom. The number of likely N-dealkylation sites (N-methyl/N-ethyl adjacent to an activating group) is 1. The number of hydrogen-bond acceptors (Lipinski definition) is 2. The Hall–Kier alpha value is -1.02. The van der Waals surface area contributed by atoms with Crippen LogP contribution in [-0.4, -0.2) is 31.6 Å². The molecule has 3 fully saturated rings. The predicted molar refractivity (Wildman–Crippen MR) is 88.6 cm³/mol. The van der Waals surface area contributed by atoms with Crippen LogP contribution in [0.5, 0.6) is 5.75 Å². The van der Waals surface area contributed by atoms with Crippen molar-refractivity contribution in [3.63, 3.8) is 0 Å². The van der Waals surface area contributed by atoms with Gasteiger partial charge in [0, 0.05) is 16.9 Å². The lowest BCUT2D eigenvalue weighted by Gasteiger charge is -2.61. The maximum Gasteiger partial charge on any atom is 0.119 e. The topological polar surface area (TPSA) is 12.5 Å². The molecule has 2 heteroatoms. The van der Waals surface area contributed by atoms with Crippen molar-refractivity contribution in [3.05, 3.63) is 29.3 Å². The highest BCUT2D eigenvalue weighted by atomic mass is 16.5. The van der Waals surface area contributed by atoms with Gasteiger partial charge in [0.15, 0.2) is 0 Å². The van der Waals surface area contributed by atoms with Gasteiger partial charge in [-0.25, -0.2) is 0 Å². The number of ether oxygens (including phenoxy) is 1. The van der Waals surface area contributed by atoms with E-state index in [4.69, 9.17) is 4.74 Å². The van der Waals surface area contributed by atoms with E-state index in [1.54, 1.807) is 11.1 Å². The average molecular weight is 297 g/mol. The number of rotatable bonds is 1. The third-order valence-electron chi connectivity index (χ3n) is 7.52. The summed E-state index contributed by atoms with van der Waals surface area (Å²) in [5.41, 5.74) is 4.29. The van der Waals surface area contributed by atoms with Crippen molar-refractivity contribution in [1.29, 1.82) is 0 Å². The Kier molecular flexibility index (Phi) is 2.61. The summed E-state index contributed by atoms with van der Waals surface area (Å²) in [7, 11) is 4.20. The molecular weight excluding hydrogens is 270 g/mol. The molecule has 0 N–H and O–H groups in total. The molecule has 0 unspecified atom stereocenters. The minimum absolute atomic E-state index is 0.452. The van der Waals surface area contributed by atoms with Gasteiger partial charge in [-0.15, -0.1) is 0 Å². The quantitative estimate of drug-likeness (QED) is 0.780. The predicted octanol–water partition coefficient (Wildman–Crippen LogP) is 3.87. The van der Waals surface area contributed by atoms with Gasteiger partial charge in [-0.2, -0.15) is 0 Å². The number of fused-ring (bicyclic) bond motifs is 3. The van der Waals surface area contributed by atoms with Crippen LogP contribution in [0, 0.1) is 5.92 Å². The average Bonchev–Trinajstić information content (AvgIpc) is 3.35. The van der Waals surface area contributed by atoms with E-state index in [0.29, 0.717) is 10.8 Å². The first-order valence-electron chi connectivity index (χ1n) is 9.11. The van der Waals surface area contributed by atoms with Crippen LogP contribution in [0.3, 0.4) is 0 Å². The summed E-state index contributed by atoms with van der Waals surface area (Å²) >= 11 is 0. The molecule has 2 nitrogen and oxygen atoms in total. The Bertz CT molecular complexity index is 620. The summed E-state index contributed by atoms with van der Waals surface area (Å²) in [5, 5.41) is 0. The van der Waals surface area contributed by atoms with Crippen molar-refractivity contribution in [2.24, 2.45) is 5.92 Å². The van der Waals surface area contributed by atoms with Crippen LogP contribution in [0.25, 0.3) is 0 Å². The van der Waals surface area contributed by atoms with Gasteiger partial charge in [-0.1, -0.05) is 18.9 Å². The van der Waals surface area contributed by atoms with E-state index in [-0.39, 0.29) is 0 Å². The molecule has 118 valence electrons. The zero-order chi connectivity index (χ0) is 14.9. The second-order valence-electron chi connectivity index (χ2n) is 8.25. The molecule has 4 aliphatic rings. The van der Waals surface area contributed by atoms with Crippen LogP contribution in [0.15, 0.2) is 18.2 Å². The molecule has 2 saturated carbocycles. The van der Waals surface area contributed by atoms with Crippen LogP contribution in [0.1, 0.15) is 56.1 Å². The highest BCUT2D eigenvalue weighted by Gasteiger charge is 2.65. The molecule has 1 aliphatic heterocycles. The SMILES string of the molecule is COc1ccc2c(c1)[C@@]13CCCC[C@H]1[C@H](N(C)CC3)C21CC1. The Balaban J connectivity index is 1.77. The first-order chi connectivity index (χ1) is 10.7. The monoisotopic (exact) mass is 297 g/mol. The van der Waals surface area contributed by atoms with Crippen LogP contribution in [0.4, 0.5) is 0 Å². The smallest absolute Gasteiger partial charge is 0.119 e. The van der Waals surface area contributed by atoms with E-state index in [2.05, 4.69) is 30.1 Å². The third-order valence-corrected chi connectivity index (χ3v) is 7.52. The summed E-state index contributed by atoms with van der Waals surface area (Å²) in [6.07, 6.45) is 9.83. The minimum atomic E-state index is 0.452. The molecule has 3 atom stereocenters. The van der Waals surface area contributed by atoms with E-state index < -0.39 is 0 Å². The fraction of sp³-hybridized carbons (Fsp3) is 0.700. The lowest BCUT2D eigenvalue weighted by molar-refractivity contribution is -0.0192. The Labute approximate surface area is 133 Å². The molecule has 3 aliphatic carbocycles. The fourth-order valence-electron chi connectivity index (χ4n) is 6.49. The van der Waals surface area contributed by atoms with Gasteiger partial charge in [0.1, 0.15) is 5.75 Å². The third kappa shape index (κ3) is 1.45. The maximum atomic E-state index is 5.59. The van der Waals surface area contributed by atoms with E-state index in [0.717, 1.165) is 17.7 Å². The highest BCUT2D eigenvalue weighted by Crippen LogP contribution is 2.67. The van der Waals surface area contributed by atoms with E-state index in [9.17, 15) is 0 Å². The van der Waals surface area contributed by atoms with Gasteiger partial charge < -0.3 is 9.64 Å². The molecule has 1 aromatic carbocycles. The second kappa shape index (κ2) is 4.29. The first kappa shape index (κ1) is 13.4. The van der Waals surface area contributed by atoms with Crippen LogP contribution >= 0.6 is 0 Å². The van der Waals surface area contributed by atoms with Gasteiger partial charge in [-0.05, 0) is 74.9 Å². The Morgan fingerprint density at radius 3 is 2.68 bits per heavy atom. The van der Waals surface area contributed by atoms with Crippen molar-refractivity contribution in [1.82, 2.24) is 4.90 Å². The highest BCUT2D eigenvalue weighted by molar-refractivity contribution is 5.53. The van der Waals surface area contributed by atoms with Crippen molar-refractivity contribution in [2.75, 3.05) is 20.7 Å². The number of methoxy groups -OCH3 is 1. The molecule has 1 spiro atoms. The molecular formula is C20H27NO. The van der Waals surface area contributed by atoms with Gasteiger partial charge >= 0.3 is 0 Å². The summed E-state index contributed by atoms with van der Waals surface area (Å²) in [6.45, 7) is 1.28. The number of benzene rings is 1. The standard InChI is InChI=1S/C20H27NO/c1-21-12-11-19-8-4-3-5-16(19)18(21)20(9-10-20)15-7-6-14(22-2)13-17(15)19/h6-7,13,16,18H,3-5,8-12H2,1-2H3/t16-,18-,19+/m0/s1. The van der Waals surface area contributed by atoms with Crippen molar-refractivity contribution >= 4 is 0 Å². The van der Waals surface area contributed by atoms with Crippen molar-refractivity contribution < 1.29 is 4.74 Å². The van der Waals surface area contributed by atoms with Gasteiger partial charge in [0.05, 0.1) is 7.11 Å².